The summed E-state index contributed by atoms with van der Waals surface area (Å²) in [6.45, 7) is 3.11. The fraction of sp³-hybridized carbons (Fsp3) is 0.833. The topological polar surface area (TPSA) is 85.2 Å². The van der Waals surface area contributed by atoms with Crippen LogP contribution in [-0.2, 0) is 9.53 Å². The number of hydrogen-bond acceptors (Lipinski definition) is 6. The van der Waals surface area contributed by atoms with Crippen molar-refractivity contribution in [2.24, 2.45) is 10.4 Å². The third kappa shape index (κ3) is 1.84. The third-order valence-electron chi connectivity index (χ3n) is 1.40. The van der Waals surface area contributed by atoms with Crippen molar-refractivity contribution in [2.45, 2.75) is 25.9 Å². The van der Waals surface area contributed by atoms with Crippen molar-refractivity contribution >= 4 is 5.97 Å². The van der Waals surface area contributed by atoms with E-state index >= 15 is 0 Å². The van der Waals surface area contributed by atoms with Gasteiger partial charge in [0.2, 0.25) is 0 Å². The van der Waals surface area contributed by atoms with Crippen molar-refractivity contribution in [1.29, 1.82) is 0 Å². The van der Waals surface area contributed by atoms with Gasteiger partial charge < -0.3 is 4.74 Å². The van der Waals surface area contributed by atoms with Gasteiger partial charge in [-0.1, -0.05) is 6.92 Å². The molecule has 0 heterocycles. The van der Waals surface area contributed by atoms with E-state index in [9.17, 15) is 14.6 Å². The molecule has 6 nitrogen and oxygen atoms in total. The van der Waals surface area contributed by atoms with Crippen LogP contribution < -0.4 is 0 Å². The molecule has 0 unspecified atom stereocenters. The van der Waals surface area contributed by atoms with E-state index in [0.717, 1.165) is 0 Å². The lowest BCUT2D eigenvalue weighted by molar-refractivity contribution is -0.149. The van der Waals surface area contributed by atoms with Gasteiger partial charge in [0.15, 0.2) is 0 Å². The molecule has 0 bridgehead atoms. The van der Waals surface area contributed by atoms with E-state index in [4.69, 9.17) is 0 Å². The third-order valence-corrected chi connectivity index (χ3v) is 1.40. The van der Waals surface area contributed by atoms with E-state index < -0.39 is 11.6 Å². The summed E-state index contributed by atoms with van der Waals surface area (Å²) < 4.78 is 4.45. The Balaban J connectivity index is 4.58. The molecular weight excluding hydrogens is 164 g/mol. The molecule has 0 rings (SSSR count). The molecule has 0 radical (unpaired) electrons. The molecule has 68 valence electrons. The van der Waals surface area contributed by atoms with Crippen molar-refractivity contribution in [2.75, 3.05) is 6.61 Å². The molecule has 0 N–H and O–H groups in total. The Kier molecular flexibility index (Phi) is 4.03. The van der Waals surface area contributed by atoms with Gasteiger partial charge in [-0.05, 0) is 17.3 Å². The lowest BCUT2D eigenvalue weighted by Crippen LogP contribution is -2.34. The van der Waals surface area contributed by atoms with Crippen LogP contribution >= 0.6 is 0 Å². The maximum absolute atomic E-state index is 10.9. The molecule has 0 saturated carbocycles. The zero-order valence-corrected chi connectivity index (χ0v) is 6.94. The first-order valence-electron chi connectivity index (χ1n) is 3.53. The summed E-state index contributed by atoms with van der Waals surface area (Å²) in [6.07, 6.45) is -0.0845. The summed E-state index contributed by atoms with van der Waals surface area (Å²) in [5.41, 5.74) is -2.09. The van der Waals surface area contributed by atoms with Crippen LogP contribution in [0.3, 0.4) is 0 Å². The Labute approximate surface area is 69.2 Å². The van der Waals surface area contributed by atoms with Crippen molar-refractivity contribution in [3.05, 3.63) is 9.81 Å². The van der Waals surface area contributed by atoms with Crippen molar-refractivity contribution in [1.82, 2.24) is 0 Å². The van der Waals surface area contributed by atoms with Crippen molar-refractivity contribution < 1.29 is 9.53 Å². The Morgan fingerprint density at radius 2 is 1.83 bits per heavy atom. The van der Waals surface area contributed by atoms with E-state index in [1.165, 1.54) is 6.92 Å². The van der Waals surface area contributed by atoms with Gasteiger partial charge in [0.25, 0.3) is 0 Å². The van der Waals surface area contributed by atoms with Crippen LogP contribution in [0.15, 0.2) is 10.4 Å². The molecule has 6 heteroatoms. The molecule has 0 atom stereocenters. The number of esters is 1. The fourth-order valence-corrected chi connectivity index (χ4v) is 0.611. The highest BCUT2D eigenvalue weighted by atomic mass is 16.5. The van der Waals surface area contributed by atoms with Crippen LogP contribution in [0.2, 0.25) is 0 Å². The van der Waals surface area contributed by atoms with E-state index in [-0.39, 0.29) is 13.0 Å². The van der Waals surface area contributed by atoms with Crippen LogP contribution in [0.25, 0.3) is 0 Å². The van der Waals surface area contributed by atoms with Crippen LogP contribution in [0.5, 0.6) is 0 Å². The quantitative estimate of drug-likeness (QED) is 0.462. The molecule has 0 aromatic carbocycles. The van der Waals surface area contributed by atoms with Gasteiger partial charge in [-0.3, -0.25) is 0 Å². The second kappa shape index (κ2) is 4.53. The number of ether oxygens (including phenoxy) is 1. The van der Waals surface area contributed by atoms with Crippen LogP contribution in [-0.4, -0.2) is 18.2 Å². The number of rotatable bonds is 5. The molecule has 12 heavy (non-hydrogen) atoms. The minimum absolute atomic E-state index is 0.0845. The number of nitrogens with zero attached hydrogens (tertiary/aromatic N) is 2. The second-order valence-corrected chi connectivity index (χ2v) is 2.07. The average molecular weight is 174 g/mol. The van der Waals surface area contributed by atoms with Gasteiger partial charge in [0.1, 0.15) is 0 Å². The van der Waals surface area contributed by atoms with Gasteiger partial charge in [-0.2, -0.15) is 0 Å². The lowest BCUT2D eigenvalue weighted by Gasteiger charge is -2.12. The molecular formula is C6H10N2O4. The monoisotopic (exact) mass is 174 g/mol. The maximum Gasteiger partial charge on any atom is 0.364 e. The fourth-order valence-electron chi connectivity index (χ4n) is 0.611. The average Bonchev–Trinajstić information content (AvgIpc) is 2.09. The molecule has 0 aliphatic carbocycles. The van der Waals surface area contributed by atoms with Gasteiger partial charge in [0.05, 0.1) is 6.61 Å². The van der Waals surface area contributed by atoms with Crippen LogP contribution in [0.4, 0.5) is 0 Å². The van der Waals surface area contributed by atoms with Gasteiger partial charge in [-0.25, -0.2) is 4.79 Å². The summed E-state index contributed by atoms with van der Waals surface area (Å²) in [6, 6.07) is 0. The lowest BCUT2D eigenvalue weighted by atomic mass is 10.1. The molecule has 0 spiro atoms. The summed E-state index contributed by atoms with van der Waals surface area (Å²) in [7, 11) is 0. The number of nitroso groups, excluding NO2 is 2. The maximum atomic E-state index is 10.9. The van der Waals surface area contributed by atoms with Gasteiger partial charge >= 0.3 is 11.6 Å². The number of hydrogen-bond donors (Lipinski definition) is 0. The first kappa shape index (κ1) is 10.7. The summed E-state index contributed by atoms with van der Waals surface area (Å²) in [5, 5.41) is 4.74. The van der Waals surface area contributed by atoms with Gasteiger partial charge in [-0.15, -0.1) is 9.81 Å². The molecule has 0 aromatic rings. The molecule has 0 amide bonds. The molecule has 0 saturated heterocycles. The SMILES string of the molecule is CCOC(=O)C(CC)(N=O)N=O. The zero-order chi connectivity index (χ0) is 9.61. The Hall–Kier alpha value is -1.33. The predicted molar refractivity (Wildman–Crippen MR) is 41.2 cm³/mol. The molecule has 0 aliphatic heterocycles. The van der Waals surface area contributed by atoms with Crippen molar-refractivity contribution in [3.63, 3.8) is 0 Å². The minimum atomic E-state index is -2.09. The first-order valence-corrected chi connectivity index (χ1v) is 3.53. The number of carbonyl (C=O) groups is 1. The molecule has 0 aliphatic rings. The summed E-state index contributed by atoms with van der Waals surface area (Å²) in [4.78, 5) is 31.3. The second-order valence-electron chi connectivity index (χ2n) is 2.07. The largest absolute Gasteiger partial charge is 0.463 e. The highest BCUT2D eigenvalue weighted by Gasteiger charge is 2.42. The zero-order valence-electron chi connectivity index (χ0n) is 6.94. The molecule has 0 aromatic heterocycles. The first-order chi connectivity index (χ1) is 5.66. The molecule has 0 fully saturated rings. The summed E-state index contributed by atoms with van der Waals surface area (Å²) >= 11 is 0. The van der Waals surface area contributed by atoms with Crippen molar-refractivity contribution in [3.8, 4) is 0 Å². The van der Waals surface area contributed by atoms with E-state index in [2.05, 4.69) is 15.1 Å². The van der Waals surface area contributed by atoms with Crippen LogP contribution in [0.1, 0.15) is 20.3 Å². The minimum Gasteiger partial charge on any atom is -0.463 e. The Bertz CT molecular complexity index is 184. The van der Waals surface area contributed by atoms with Crippen LogP contribution in [0, 0.1) is 9.81 Å². The number of carbonyl (C=O) groups excluding carboxylic acids is 1. The van der Waals surface area contributed by atoms with E-state index in [0.29, 0.717) is 0 Å². The standard InChI is InChI=1S/C6H10N2O4/c1-3-6(7-10,8-11)5(9)12-4-2/h3-4H2,1-2H3. The van der Waals surface area contributed by atoms with E-state index in [1.54, 1.807) is 6.92 Å². The Morgan fingerprint density at radius 1 is 1.33 bits per heavy atom. The predicted octanol–water partition coefficient (Wildman–Crippen LogP) is 1.19. The van der Waals surface area contributed by atoms with Gasteiger partial charge in [0, 0.05) is 6.42 Å². The smallest absolute Gasteiger partial charge is 0.364 e. The van der Waals surface area contributed by atoms with E-state index in [1.807, 2.05) is 0 Å². The normalized spacial score (nSPS) is 10.5. The summed E-state index contributed by atoms with van der Waals surface area (Å²) in [5.74, 6) is -0.988. The highest BCUT2D eigenvalue weighted by molar-refractivity contribution is 5.80. The highest BCUT2D eigenvalue weighted by Crippen LogP contribution is 2.18. The Morgan fingerprint density at radius 3 is 2.08 bits per heavy atom.